The topological polar surface area (TPSA) is 67.1 Å². The highest BCUT2D eigenvalue weighted by molar-refractivity contribution is 5.55. The van der Waals surface area contributed by atoms with Gasteiger partial charge in [0.25, 0.3) is 5.89 Å². The maximum atomic E-state index is 5.47. The van der Waals surface area contributed by atoms with Crippen LogP contribution in [0.4, 0.5) is 5.82 Å². The molecule has 1 N–H and O–H groups in total. The molecule has 3 aromatic rings. The summed E-state index contributed by atoms with van der Waals surface area (Å²) in [5, 5.41) is 7.65. The molecular weight excluding hydrogens is 350 g/mol. The number of hydrogen-bond acceptors (Lipinski definition) is 6. The molecule has 2 bridgehead atoms. The first-order chi connectivity index (χ1) is 13.9. The second-order valence-electron chi connectivity index (χ2n) is 7.71. The summed E-state index contributed by atoms with van der Waals surface area (Å²) in [7, 11) is 0. The first-order valence-electron chi connectivity index (χ1n) is 10.2. The van der Waals surface area contributed by atoms with E-state index in [1.54, 1.807) is 0 Å². The zero-order valence-corrected chi connectivity index (χ0v) is 15.9. The Hall–Kier alpha value is -2.73. The molecule has 0 saturated carbocycles. The summed E-state index contributed by atoms with van der Waals surface area (Å²) in [5.74, 6) is 2.37. The number of anilines is 1. The minimum Gasteiger partial charge on any atom is -0.348 e. The number of pyridine rings is 1. The summed E-state index contributed by atoms with van der Waals surface area (Å²) in [4.78, 5) is 11.7. The number of benzene rings is 1. The zero-order chi connectivity index (χ0) is 18.8. The van der Waals surface area contributed by atoms with Crippen molar-refractivity contribution in [2.45, 2.75) is 44.2 Å². The van der Waals surface area contributed by atoms with Gasteiger partial charge in [0.1, 0.15) is 5.82 Å². The summed E-state index contributed by atoms with van der Waals surface area (Å²) in [6, 6.07) is 15.8. The molecule has 144 valence electrons. The molecule has 5 rings (SSSR count). The smallest absolute Gasteiger partial charge is 0.259 e. The van der Waals surface area contributed by atoms with Gasteiger partial charge in [-0.2, -0.15) is 4.98 Å². The van der Waals surface area contributed by atoms with Crippen LogP contribution in [-0.2, 0) is 12.8 Å². The van der Waals surface area contributed by atoms with Crippen LogP contribution in [0.2, 0.25) is 0 Å². The molecule has 6 nitrogen and oxygen atoms in total. The Labute approximate surface area is 165 Å². The molecule has 2 aliphatic heterocycles. The zero-order valence-electron chi connectivity index (χ0n) is 15.9. The molecule has 2 atom stereocenters. The second kappa shape index (κ2) is 7.72. The summed E-state index contributed by atoms with van der Waals surface area (Å²) in [5.41, 5.74) is 2.22. The van der Waals surface area contributed by atoms with Gasteiger partial charge in [-0.05, 0) is 43.4 Å². The molecule has 1 aromatic carbocycles. The molecule has 6 heteroatoms. The first-order valence-corrected chi connectivity index (χ1v) is 10.2. The number of nitrogens with one attached hydrogen (secondary N) is 1. The molecule has 0 aliphatic carbocycles. The maximum Gasteiger partial charge on any atom is 0.259 e. The van der Waals surface area contributed by atoms with E-state index in [4.69, 9.17) is 9.51 Å². The van der Waals surface area contributed by atoms with Crippen LogP contribution in [0.15, 0.2) is 53.2 Å². The van der Waals surface area contributed by atoms with Crippen molar-refractivity contribution in [1.29, 1.82) is 0 Å². The third-order valence-corrected chi connectivity index (χ3v) is 5.82. The van der Waals surface area contributed by atoms with Crippen molar-refractivity contribution in [3.63, 3.8) is 0 Å². The fraction of sp³-hybridized carbons (Fsp3) is 0.409. The van der Waals surface area contributed by atoms with Crippen LogP contribution in [-0.4, -0.2) is 40.3 Å². The number of piperazine rings is 1. The number of aromatic nitrogens is 3. The lowest BCUT2D eigenvalue weighted by Crippen LogP contribution is -2.52. The van der Waals surface area contributed by atoms with Crippen LogP contribution in [0.25, 0.3) is 11.5 Å². The van der Waals surface area contributed by atoms with Crippen LogP contribution < -0.4 is 10.2 Å². The minimum atomic E-state index is 0.553. The van der Waals surface area contributed by atoms with Gasteiger partial charge in [-0.25, -0.2) is 4.98 Å². The van der Waals surface area contributed by atoms with Crippen LogP contribution in [0.3, 0.4) is 0 Å². The summed E-state index contributed by atoms with van der Waals surface area (Å²) in [6.45, 7) is 2.10. The van der Waals surface area contributed by atoms with E-state index >= 15 is 0 Å². The Morgan fingerprint density at radius 1 is 1.00 bits per heavy atom. The van der Waals surface area contributed by atoms with Gasteiger partial charge in [0.05, 0.1) is 5.56 Å². The number of fused-ring (bicyclic) bond motifs is 2. The molecule has 0 spiro atoms. The maximum absolute atomic E-state index is 5.47. The average molecular weight is 375 g/mol. The van der Waals surface area contributed by atoms with Gasteiger partial charge in [-0.15, -0.1) is 0 Å². The van der Waals surface area contributed by atoms with Gasteiger partial charge in [0.15, 0.2) is 5.82 Å². The van der Waals surface area contributed by atoms with Gasteiger partial charge in [-0.3, -0.25) is 0 Å². The van der Waals surface area contributed by atoms with Crippen LogP contribution in [0.5, 0.6) is 0 Å². The number of aryl methyl sites for hydroxylation is 2. The lowest BCUT2D eigenvalue weighted by Gasteiger charge is -2.36. The van der Waals surface area contributed by atoms with Crippen LogP contribution >= 0.6 is 0 Å². The molecule has 0 amide bonds. The van der Waals surface area contributed by atoms with E-state index in [-0.39, 0.29) is 0 Å². The highest BCUT2D eigenvalue weighted by Gasteiger charge is 2.37. The molecule has 4 heterocycles. The van der Waals surface area contributed by atoms with E-state index in [1.165, 1.54) is 18.4 Å². The second-order valence-corrected chi connectivity index (χ2v) is 7.71. The standard InChI is InChI=1S/C22H25N5O/c1-2-5-16(6-3-1)7-4-8-20-25-22(28-26-20)17-9-12-21(24-13-17)27-18-10-11-19(27)15-23-14-18/h1-3,5-6,9,12-13,18-19,23H,4,7-8,10-11,14-15H2/t18-,19+. The van der Waals surface area contributed by atoms with E-state index < -0.39 is 0 Å². The molecular formula is C22H25N5O. The highest BCUT2D eigenvalue weighted by Crippen LogP contribution is 2.31. The van der Waals surface area contributed by atoms with Crippen molar-refractivity contribution in [3.8, 4) is 11.5 Å². The molecule has 2 fully saturated rings. The Bertz CT molecular complexity index is 892. The van der Waals surface area contributed by atoms with Gasteiger partial charge >= 0.3 is 0 Å². The Morgan fingerprint density at radius 3 is 2.57 bits per heavy atom. The van der Waals surface area contributed by atoms with Gasteiger partial charge < -0.3 is 14.7 Å². The van der Waals surface area contributed by atoms with Crippen LogP contribution in [0.1, 0.15) is 30.7 Å². The average Bonchev–Trinajstić information content (AvgIpc) is 3.31. The number of rotatable bonds is 6. The lowest BCUT2D eigenvalue weighted by molar-refractivity contribution is 0.421. The van der Waals surface area contributed by atoms with Crippen molar-refractivity contribution >= 4 is 5.82 Å². The molecule has 2 aromatic heterocycles. The van der Waals surface area contributed by atoms with Crippen molar-refractivity contribution in [2.24, 2.45) is 0 Å². The quantitative estimate of drug-likeness (QED) is 0.713. The molecule has 2 saturated heterocycles. The third kappa shape index (κ3) is 3.52. The molecule has 0 radical (unpaired) electrons. The number of nitrogens with zero attached hydrogens (tertiary/aromatic N) is 4. The molecule has 28 heavy (non-hydrogen) atoms. The fourth-order valence-electron chi connectivity index (χ4n) is 4.39. The van der Waals surface area contributed by atoms with E-state index in [0.29, 0.717) is 18.0 Å². The van der Waals surface area contributed by atoms with Gasteiger partial charge in [-0.1, -0.05) is 35.5 Å². The first kappa shape index (κ1) is 17.4. The predicted molar refractivity (Wildman–Crippen MR) is 108 cm³/mol. The minimum absolute atomic E-state index is 0.553. The van der Waals surface area contributed by atoms with E-state index in [2.05, 4.69) is 50.7 Å². The largest absolute Gasteiger partial charge is 0.348 e. The van der Waals surface area contributed by atoms with Crippen molar-refractivity contribution < 1.29 is 4.52 Å². The highest BCUT2D eigenvalue weighted by atomic mass is 16.5. The van der Waals surface area contributed by atoms with Gasteiger partial charge in [0.2, 0.25) is 0 Å². The van der Waals surface area contributed by atoms with Crippen molar-refractivity contribution in [1.82, 2.24) is 20.4 Å². The van der Waals surface area contributed by atoms with Gasteiger partial charge in [0, 0.05) is 37.8 Å². The van der Waals surface area contributed by atoms with Crippen molar-refractivity contribution in [2.75, 3.05) is 18.0 Å². The summed E-state index contributed by atoms with van der Waals surface area (Å²) in [6.07, 6.45) is 7.19. The summed E-state index contributed by atoms with van der Waals surface area (Å²) < 4.78 is 5.47. The van der Waals surface area contributed by atoms with Crippen LogP contribution in [0, 0.1) is 0 Å². The Morgan fingerprint density at radius 2 is 1.82 bits per heavy atom. The predicted octanol–water partition coefficient (Wildman–Crippen LogP) is 3.25. The van der Waals surface area contributed by atoms with Crippen molar-refractivity contribution in [3.05, 3.63) is 60.0 Å². The normalized spacial score (nSPS) is 21.2. The van der Waals surface area contributed by atoms with E-state index in [9.17, 15) is 0 Å². The SMILES string of the molecule is c1ccc(CCCc2noc(-c3ccc(N4[C@@H]5CC[C@H]4CNC5)nc3)n2)cc1. The Kier molecular flexibility index (Phi) is 4.79. The van der Waals surface area contributed by atoms with E-state index in [0.717, 1.165) is 49.6 Å². The Balaban J connectivity index is 1.22. The lowest BCUT2D eigenvalue weighted by atomic mass is 10.1. The molecule has 0 unspecified atom stereocenters. The van der Waals surface area contributed by atoms with E-state index in [1.807, 2.05) is 18.3 Å². The number of hydrogen-bond donors (Lipinski definition) is 1. The molecule has 2 aliphatic rings. The monoisotopic (exact) mass is 375 g/mol. The summed E-state index contributed by atoms with van der Waals surface area (Å²) >= 11 is 0. The fourth-order valence-corrected chi connectivity index (χ4v) is 4.39. The third-order valence-electron chi connectivity index (χ3n) is 5.82.